The van der Waals surface area contributed by atoms with Gasteiger partial charge in [-0.3, -0.25) is 0 Å². The molecule has 3 heterocycles. The molecule has 0 radical (unpaired) electrons. The van der Waals surface area contributed by atoms with Crippen LogP contribution >= 0.6 is 0 Å². The molecule has 3 rings (SSSR count). The third-order valence-corrected chi connectivity index (χ3v) is 4.91. The average Bonchev–Trinajstić information content (AvgIpc) is 2.72. The highest BCUT2D eigenvalue weighted by atomic mass is 15.2. The Labute approximate surface area is 155 Å². The van der Waals surface area contributed by atoms with Crippen molar-refractivity contribution in [3.8, 4) is 6.07 Å². The fourth-order valence-corrected chi connectivity index (χ4v) is 3.47. The van der Waals surface area contributed by atoms with Crippen LogP contribution in [0.2, 0.25) is 0 Å². The van der Waals surface area contributed by atoms with Crippen molar-refractivity contribution in [3.05, 3.63) is 40.7 Å². The lowest BCUT2D eigenvalue weighted by molar-refractivity contribution is 0.573. The maximum atomic E-state index is 9.59. The summed E-state index contributed by atoms with van der Waals surface area (Å²) in [6.07, 6.45) is 7.19. The van der Waals surface area contributed by atoms with Crippen LogP contribution in [0, 0.1) is 11.3 Å². The molecule has 2 aromatic heterocycles. The normalized spacial score (nSPS) is 14.1. The summed E-state index contributed by atoms with van der Waals surface area (Å²) < 4.78 is 0. The lowest BCUT2D eigenvalue weighted by Crippen LogP contribution is -2.30. The number of pyridine rings is 1. The molecule has 6 nitrogen and oxygen atoms in total. The van der Waals surface area contributed by atoms with E-state index in [1.165, 1.54) is 19.3 Å². The summed E-state index contributed by atoms with van der Waals surface area (Å²) in [6.45, 7) is 6.84. The SMILES string of the molecule is CCc1nnc(NCc2ccnc(N3CCCCC3)c2)c(C#N)c1CC. The Morgan fingerprint density at radius 3 is 2.65 bits per heavy atom. The van der Waals surface area contributed by atoms with Gasteiger partial charge in [-0.1, -0.05) is 13.8 Å². The lowest BCUT2D eigenvalue weighted by atomic mass is 10.0. The number of aromatic nitrogens is 3. The molecule has 0 spiro atoms. The monoisotopic (exact) mass is 350 g/mol. The maximum Gasteiger partial charge on any atom is 0.167 e. The zero-order chi connectivity index (χ0) is 18.4. The minimum atomic E-state index is 0.567. The van der Waals surface area contributed by atoms with Gasteiger partial charge in [0.05, 0.1) is 5.69 Å². The van der Waals surface area contributed by atoms with Gasteiger partial charge in [0.2, 0.25) is 0 Å². The molecule has 0 bridgehead atoms. The van der Waals surface area contributed by atoms with Gasteiger partial charge in [0, 0.05) is 25.8 Å². The zero-order valence-corrected chi connectivity index (χ0v) is 15.6. The minimum Gasteiger partial charge on any atom is -0.363 e. The number of rotatable bonds is 6. The molecule has 136 valence electrons. The van der Waals surface area contributed by atoms with E-state index in [-0.39, 0.29) is 0 Å². The van der Waals surface area contributed by atoms with E-state index in [1.54, 1.807) is 0 Å². The summed E-state index contributed by atoms with van der Waals surface area (Å²) in [4.78, 5) is 6.87. The molecule has 1 N–H and O–H groups in total. The summed E-state index contributed by atoms with van der Waals surface area (Å²) in [7, 11) is 0. The first-order chi connectivity index (χ1) is 12.8. The Morgan fingerprint density at radius 1 is 1.15 bits per heavy atom. The van der Waals surface area contributed by atoms with Crippen LogP contribution in [0.3, 0.4) is 0 Å². The number of nitrogens with zero attached hydrogens (tertiary/aromatic N) is 5. The van der Waals surface area contributed by atoms with Crippen molar-refractivity contribution in [1.29, 1.82) is 5.26 Å². The standard InChI is InChI=1S/C20H26N6/c1-3-16-17(13-21)20(25-24-18(16)4-2)23-14-15-8-9-22-19(12-15)26-10-6-5-7-11-26/h8-9,12H,3-7,10-11,14H2,1-2H3,(H,23,25). The second-order valence-corrected chi connectivity index (χ2v) is 6.59. The van der Waals surface area contributed by atoms with Crippen LogP contribution in [0.5, 0.6) is 0 Å². The zero-order valence-electron chi connectivity index (χ0n) is 15.6. The number of nitriles is 1. The molecule has 0 unspecified atom stereocenters. The van der Waals surface area contributed by atoms with Gasteiger partial charge in [-0.2, -0.15) is 10.4 Å². The molecule has 26 heavy (non-hydrogen) atoms. The highest BCUT2D eigenvalue weighted by molar-refractivity contribution is 5.56. The van der Waals surface area contributed by atoms with E-state index < -0.39 is 0 Å². The van der Waals surface area contributed by atoms with Crippen LogP contribution in [0.15, 0.2) is 18.3 Å². The Kier molecular flexibility index (Phi) is 6.00. The topological polar surface area (TPSA) is 77.7 Å². The van der Waals surface area contributed by atoms with Crippen LogP contribution in [0.1, 0.15) is 55.5 Å². The van der Waals surface area contributed by atoms with Crippen LogP contribution in [0.4, 0.5) is 11.6 Å². The maximum absolute atomic E-state index is 9.59. The van der Waals surface area contributed by atoms with Gasteiger partial charge in [-0.25, -0.2) is 4.98 Å². The van der Waals surface area contributed by atoms with E-state index in [4.69, 9.17) is 0 Å². The molecular formula is C20H26N6. The Hall–Kier alpha value is -2.68. The minimum absolute atomic E-state index is 0.567. The van der Waals surface area contributed by atoms with Crippen molar-refractivity contribution in [2.45, 2.75) is 52.5 Å². The fourth-order valence-electron chi connectivity index (χ4n) is 3.47. The van der Waals surface area contributed by atoms with Crippen molar-refractivity contribution in [2.24, 2.45) is 0 Å². The second kappa shape index (κ2) is 8.61. The van der Waals surface area contributed by atoms with E-state index in [0.717, 1.165) is 48.6 Å². The molecule has 0 saturated carbocycles. The van der Waals surface area contributed by atoms with Crippen molar-refractivity contribution in [1.82, 2.24) is 15.2 Å². The quantitative estimate of drug-likeness (QED) is 0.859. The van der Waals surface area contributed by atoms with Gasteiger partial charge in [0.25, 0.3) is 0 Å². The van der Waals surface area contributed by atoms with Crippen molar-refractivity contribution >= 4 is 11.6 Å². The molecule has 1 aliphatic rings. The van der Waals surface area contributed by atoms with E-state index in [9.17, 15) is 5.26 Å². The number of nitrogens with one attached hydrogen (secondary N) is 1. The van der Waals surface area contributed by atoms with Crippen LogP contribution in [0.25, 0.3) is 0 Å². The average molecular weight is 350 g/mol. The third-order valence-electron chi connectivity index (χ3n) is 4.91. The molecule has 6 heteroatoms. The number of piperidine rings is 1. The molecule has 0 aromatic carbocycles. The van der Waals surface area contributed by atoms with Crippen molar-refractivity contribution in [3.63, 3.8) is 0 Å². The summed E-state index contributed by atoms with van der Waals surface area (Å²) in [5.41, 5.74) is 3.65. The number of hydrogen-bond acceptors (Lipinski definition) is 6. The van der Waals surface area contributed by atoms with Gasteiger partial charge in [-0.05, 0) is 55.4 Å². The predicted molar refractivity (Wildman–Crippen MR) is 103 cm³/mol. The van der Waals surface area contributed by atoms with E-state index >= 15 is 0 Å². The van der Waals surface area contributed by atoms with Gasteiger partial charge >= 0.3 is 0 Å². The second-order valence-electron chi connectivity index (χ2n) is 6.59. The van der Waals surface area contributed by atoms with Crippen LogP contribution in [-0.4, -0.2) is 28.3 Å². The molecule has 0 aliphatic carbocycles. The highest BCUT2D eigenvalue weighted by Crippen LogP contribution is 2.22. The smallest absolute Gasteiger partial charge is 0.167 e. The van der Waals surface area contributed by atoms with E-state index in [2.05, 4.69) is 44.5 Å². The van der Waals surface area contributed by atoms with Crippen LogP contribution in [-0.2, 0) is 19.4 Å². The van der Waals surface area contributed by atoms with Crippen molar-refractivity contribution < 1.29 is 0 Å². The van der Waals surface area contributed by atoms with Gasteiger partial charge in [0.15, 0.2) is 5.82 Å². The fraction of sp³-hybridized carbons (Fsp3) is 0.500. The largest absolute Gasteiger partial charge is 0.363 e. The lowest BCUT2D eigenvalue weighted by Gasteiger charge is -2.28. The van der Waals surface area contributed by atoms with E-state index in [0.29, 0.717) is 17.9 Å². The molecule has 0 atom stereocenters. The number of anilines is 2. The van der Waals surface area contributed by atoms with E-state index in [1.807, 2.05) is 19.2 Å². The molecule has 1 fully saturated rings. The highest BCUT2D eigenvalue weighted by Gasteiger charge is 2.15. The first kappa shape index (κ1) is 18.1. The molecular weight excluding hydrogens is 324 g/mol. The molecule has 2 aromatic rings. The predicted octanol–water partition coefficient (Wildman–Crippen LogP) is 3.47. The number of aryl methyl sites for hydroxylation is 1. The Morgan fingerprint density at radius 2 is 1.96 bits per heavy atom. The summed E-state index contributed by atoms with van der Waals surface area (Å²) in [6, 6.07) is 6.43. The molecule has 1 aliphatic heterocycles. The molecule has 1 saturated heterocycles. The molecule has 0 amide bonds. The van der Waals surface area contributed by atoms with Gasteiger partial charge in [0.1, 0.15) is 17.5 Å². The Bertz CT molecular complexity index is 789. The first-order valence-corrected chi connectivity index (χ1v) is 9.49. The Balaban J connectivity index is 1.76. The van der Waals surface area contributed by atoms with Crippen LogP contribution < -0.4 is 10.2 Å². The van der Waals surface area contributed by atoms with Gasteiger partial charge < -0.3 is 10.2 Å². The van der Waals surface area contributed by atoms with Crippen molar-refractivity contribution in [2.75, 3.05) is 23.3 Å². The first-order valence-electron chi connectivity index (χ1n) is 9.49. The summed E-state index contributed by atoms with van der Waals surface area (Å²) >= 11 is 0. The third kappa shape index (κ3) is 3.93. The van der Waals surface area contributed by atoms with Gasteiger partial charge in [-0.15, -0.1) is 5.10 Å². The number of hydrogen-bond donors (Lipinski definition) is 1. The summed E-state index contributed by atoms with van der Waals surface area (Å²) in [5, 5.41) is 21.4. The summed E-state index contributed by atoms with van der Waals surface area (Å²) in [5.74, 6) is 1.60.